The van der Waals surface area contributed by atoms with Crippen molar-refractivity contribution >= 4 is 16.9 Å². The predicted octanol–water partition coefficient (Wildman–Crippen LogP) is 0.784. The van der Waals surface area contributed by atoms with Crippen LogP contribution in [-0.2, 0) is 7.05 Å². The van der Waals surface area contributed by atoms with Crippen LogP contribution in [-0.4, -0.2) is 69.2 Å². The molecule has 2 heterocycles. The molecule has 3 rings (SSSR count). The van der Waals surface area contributed by atoms with E-state index >= 15 is 0 Å². The maximum Gasteiger partial charge on any atom is 0.326 e. The summed E-state index contributed by atoms with van der Waals surface area (Å²) in [5, 5.41) is 9.52. The van der Waals surface area contributed by atoms with Crippen LogP contribution in [0.15, 0.2) is 23.0 Å². The van der Waals surface area contributed by atoms with Crippen molar-refractivity contribution in [1.29, 1.82) is 0 Å². The van der Waals surface area contributed by atoms with Crippen LogP contribution >= 0.6 is 0 Å². The molecular weight excluding hydrogens is 320 g/mol. The third-order valence-electron chi connectivity index (χ3n) is 5.08. The number of aliphatic hydroxyl groups excluding tert-OH is 1. The second kappa shape index (κ2) is 7.01. The minimum atomic E-state index is -0.343. The van der Waals surface area contributed by atoms with Gasteiger partial charge in [0.25, 0.3) is 5.91 Å². The van der Waals surface area contributed by atoms with Crippen molar-refractivity contribution in [3.05, 3.63) is 34.2 Å². The van der Waals surface area contributed by atoms with Gasteiger partial charge in [0.15, 0.2) is 0 Å². The van der Waals surface area contributed by atoms with Crippen LogP contribution in [0.4, 0.5) is 0 Å². The fourth-order valence-electron chi connectivity index (χ4n) is 3.63. The molecular formula is C18H26N4O3. The van der Waals surface area contributed by atoms with Gasteiger partial charge in [-0.15, -0.1) is 0 Å². The second-order valence-electron chi connectivity index (χ2n) is 7.03. The molecule has 0 radical (unpaired) electrons. The summed E-state index contributed by atoms with van der Waals surface area (Å²) in [6, 6.07) is 5.74. The van der Waals surface area contributed by atoms with E-state index in [4.69, 9.17) is 0 Å². The van der Waals surface area contributed by atoms with Crippen LogP contribution < -0.4 is 5.69 Å². The number of hydrogen-bond acceptors (Lipinski definition) is 4. The number of imidazole rings is 1. The molecule has 1 aromatic carbocycles. The molecule has 7 heteroatoms. The van der Waals surface area contributed by atoms with Crippen molar-refractivity contribution in [2.75, 3.05) is 26.7 Å². The van der Waals surface area contributed by atoms with E-state index in [2.05, 4.69) is 9.88 Å². The molecule has 0 aliphatic carbocycles. The molecule has 0 bridgehead atoms. The van der Waals surface area contributed by atoms with Gasteiger partial charge in [-0.1, -0.05) is 0 Å². The van der Waals surface area contributed by atoms with Gasteiger partial charge in [-0.05, 0) is 45.0 Å². The highest BCUT2D eigenvalue weighted by Crippen LogP contribution is 2.19. The topological polar surface area (TPSA) is 81.6 Å². The Kier molecular flexibility index (Phi) is 4.96. The number of nitrogens with zero attached hydrogens (tertiary/aromatic N) is 3. The van der Waals surface area contributed by atoms with Crippen LogP contribution in [0, 0.1) is 0 Å². The average molecular weight is 346 g/mol. The normalized spacial score (nSPS) is 17.4. The number of benzene rings is 1. The highest BCUT2D eigenvalue weighted by atomic mass is 16.3. The highest BCUT2D eigenvalue weighted by Gasteiger charge is 2.26. The van der Waals surface area contributed by atoms with Crippen LogP contribution in [0.5, 0.6) is 0 Å². The van der Waals surface area contributed by atoms with Crippen molar-refractivity contribution in [3.8, 4) is 0 Å². The molecule has 25 heavy (non-hydrogen) atoms. The van der Waals surface area contributed by atoms with Gasteiger partial charge in [0.05, 0.1) is 17.1 Å². The summed E-state index contributed by atoms with van der Waals surface area (Å²) < 4.78 is 1.53. The molecule has 0 saturated carbocycles. The molecule has 1 fully saturated rings. The maximum absolute atomic E-state index is 12.8. The number of aromatic amines is 1. The number of hydrogen-bond donors (Lipinski definition) is 2. The van der Waals surface area contributed by atoms with Gasteiger partial charge in [0.2, 0.25) is 0 Å². The molecule has 1 amide bonds. The van der Waals surface area contributed by atoms with E-state index < -0.39 is 0 Å². The number of fused-ring (bicyclic) bond motifs is 1. The van der Waals surface area contributed by atoms with Crippen LogP contribution in [0.25, 0.3) is 11.0 Å². The van der Waals surface area contributed by atoms with Crippen LogP contribution in [0.2, 0.25) is 0 Å². The molecule has 1 atom stereocenters. The lowest BCUT2D eigenvalue weighted by Gasteiger charge is -2.37. The number of amides is 1. The summed E-state index contributed by atoms with van der Waals surface area (Å²) in [4.78, 5) is 31.3. The first-order chi connectivity index (χ1) is 11.9. The summed E-state index contributed by atoms with van der Waals surface area (Å²) >= 11 is 0. The van der Waals surface area contributed by atoms with Gasteiger partial charge in [0, 0.05) is 38.3 Å². The summed E-state index contributed by atoms with van der Waals surface area (Å²) in [6.07, 6.45) is 1.46. The van der Waals surface area contributed by atoms with E-state index in [0.29, 0.717) is 36.8 Å². The maximum atomic E-state index is 12.8. The number of rotatable bonds is 4. The number of nitrogens with one attached hydrogen (secondary N) is 1. The Morgan fingerprint density at radius 2 is 2.08 bits per heavy atom. The number of aryl methyl sites for hydroxylation is 1. The molecule has 7 nitrogen and oxygen atoms in total. The zero-order valence-corrected chi connectivity index (χ0v) is 15.0. The van der Waals surface area contributed by atoms with Gasteiger partial charge < -0.3 is 19.9 Å². The first-order valence-corrected chi connectivity index (χ1v) is 8.73. The van der Waals surface area contributed by atoms with E-state index in [0.717, 1.165) is 18.4 Å². The molecule has 1 aliphatic heterocycles. The number of H-pyrrole nitrogens is 1. The predicted molar refractivity (Wildman–Crippen MR) is 96.8 cm³/mol. The fourth-order valence-corrected chi connectivity index (χ4v) is 3.63. The molecule has 2 N–H and O–H groups in total. The number of aliphatic hydroxyl groups is 1. The van der Waals surface area contributed by atoms with Gasteiger partial charge in [-0.2, -0.15) is 0 Å². The number of carbonyl (C=O) groups excluding carboxylic acids is 1. The Morgan fingerprint density at radius 1 is 1.40 bits per heavy atom. The van der Waals surface area contributed by atoms with Crippen molar-refractivity contribution in [3.63, 3.8) is 0 Å². The van der Waals surface area contributed by atoms with Gasteiger partial charge in [0.1, 0.15) is 0 Å². The number of likely N-dealkylation sites (tertiary alicyclic amines) is 1. The lowest BCUT2D eigenvalue weighted by atomic mass is 10.0. The van der Waals surface area contributed by atoms with E-state index in [1.54, 1.807) is 26.1 Å². The van der Waals surface area contributed by atoms with E-state index in [1.165, 1.54) is 4.57 Å². The zero-order valence-electron chi connectivity index (χ0n) is 15.0. The Hall–Kier alpha value is -2.12. The summed E-state index contributed by atoms with van der Waals surface area (Å²) in [6.45, 7) is 3.85. The smallest absolute Gasteiger partial charge is 0.326 e. The van der Waals surface area contributed by atoms with Crippen LogP contribution in [0.1, 0.15) is 30.1 Å². The Morgan fingerprint density at radius 3 is 2.72 bits per heavy atom. The van der Waals surface area contributed by atoms with Crippen molar-refractivity contribution in [2.24, 2.45) is 7.05 Å². The zero-order chi connectivity index (χ0) is 18.1. The largest absolute Gasteiger partial charge is 0.392 e. The monoisotopic (exact) mass is 346 g/mol. The lowest BCUT2D eigenvalue weighted by molar-refractivity contribution is 0.0577. The summed E-state index contributed by atoms with van der Waals surface area (Å²) in [5.41, 5.74) is 1.90. The van der Waals surface area contributed by atoms with Crippen molar-refractivity contribution in [2.45, 2.75) is 31.9 Å². The van der Waals surface area contributed by atoms with E-state index in [9.17, 15) is 14.7 Å². The van der Waals surface area contributed by atoms with Gasteiger partial charge >= 0.3 is 5.69 Å². The first-order valence-electron chi connectivity index (χ1n) is 8.73. The van der Waals surface area contributed by atoms with Crippen molar-refractivity contribution < 1.29 is 9.90 Å². The molecule has 0 spiro atoms. The fraction of sp³-hybridized carbons (Fsp3) is 0.556. The first kappa shape index (κ1) is 17.7. The third-order valence-corrected chi connectivity index (χ3v) is 5.08. The number of carbonyl (C=O) groups is 1. The molecule has 1 unspecified atom stereocenters. The quantitative estimate of drug-likeness (QED) is 0.857. The standard InChI is InChI=1S/C18H26N4O3/c1-12(23)11-20(2)14-6-8-22(9-7-14)17(24)13-4-5-16-15(10-13)19-18(25)21(16)3/h4-5,10,12,14,23H,6-9,11H2,1-3H3,(H,19,25). The summed E-state index contributed by atoms with van der Waals surface area (Å²) in [7, 11) is 3.73. The van der Waals surface area contributed by atoms with E-state index in [-0.39, 0.29) is 17.7 Å². The Balaban J connectivity index is 1.67. The molecule has 1 aliphatic rings. The summed E-state index contributed by atoms with van der Waals surface area (Å²) in [5.74, 6) is 0.00299. The molecule has 1 saturated heterocycles. The molecule has 1 aromatic heterocycles. The van der Waals surface area contributed by atoms with Gasteiger partial charge in [-0.3, -0.25) is 9.36 Å². The highest BCUT2D eigenvalue weighted by molar-refractivity contribution is 5.97. The molecule has 136 valence electrons. The number of piperidine rings is 1. The third kappa shape index (κ3) is 3.62. The van der Waals surface area contributed by atoms with Crippen LogP contribution in [0.3, 0.4) is 0 Å². The number of likely N-dealkylation sites (N-methyl/N-ethyl adjacent to an activating group) is 1. The SMILES string of the molecule is CC(O)CN(C)C1CCN(C(=O)c2ccc3c(c2)[nH]c(=O)n3C)CC1. The lowest BCUT2D eigenvalue weighted by Crippen LogP contribution is -2.46. The minimum absolute atomic E-state index is 0.00299. The second-order valence-corrected chi connectivity index (χ2v) is 7.03. The Labute approximate surface area is 146 Å². The van der Waals surface area contributed by atoms with Gasteiger partial charge in [-0.25, -0.2) is 4.79 Å². The molecule has 2 aromatic rings. The van der Waals surface area contributed by atoms with Crippen molar-refractivity contribution in [1.82, 2.24) is 19.4 Å². The van der Waals surface area contributed by atoms with E-state index in [1.807, 2.05) is 18.0 Å². The average Bonchev–Trinajstić information content (AvgIpc) is 2.87. The number of aromatic nitrogens is 2. The Bertz CT molecular complexity index is 815. The minimum Gasteiger partial charge on any atom is -0.392 e.